The monoisotopic (exact) mass is 288 g/mol. The largest absolute Gasteiger partial charge is 0.497 e. The Bertz CT molecular complexity index is 705. The zero-order chi connectivity index (χ0) is 15.4. The van der Waals surface area contributed by atoms with E-state index in [2.05, 4.69) is 4.98 Å². The van der Waals surface area contributed by atoms with E-state index in [1.807, 2.05) is 0 Å². The highest BCUT2D eigenvalue weighted by atomic mass is 16.5. The molecule has 0 spiro atoms. The first-order valence-electron chi connectivity index (χ1n) is 6.35. The summed E-state index contributed by atoms with van der Waals surface area (Å²) in [5.74, 6) is 0.460. The van der Waals surface area contributed by atoms with Gasteiger partial charge >= 0.3 is 0 Å². The molecule has 0 N–H and O–H groups in total. The minimum Gasteiger partial charge on any atom is -0.497 e. The first kappa shape index (κ1) is 14.8. The highest BCUT2D eigenvalue weighted by molar-refractivity contribution is 5.96. The van der Waals surface area contributed by atoms with Gasteiger partial charge in [0.15, 0.2) is 5.78 Å². The molecule has 1 aromatic heterocycles. The third-order valence-electron chi connectivity index (χ3n) is 3.00. The number of hydrogen-bond donors (Lipinski definition) is 0. The second-order valence-electron chi connectivity index (χ2n) is 4.46. The molecular weight excluding hydrogens is 272 g/mol. The molecule has 0 radical (unpaired) electrons. The zero-order valence-electron chi connectivity index (χ0n) is 12.1. The van der Waals surface area contributed by atoms with Gasteiger partial charge in [0.2, 0.25) is 0 Å². The van der Waals surface area contributed by atoms with Gasteiger partial charge in [0.05, 0.1) is 20.8 Å². The van der Waals surface area contributed by atoms with E-state index < -0.39 is 0 Å². The van der Waals surface area contributed by atoms with Crippen molar-refractivity contribution >= 4 is 5.78 Å². The maximum atomic E-state index is 12.2. The fourth-order valence-corrected chi connectivity index (χ4v) is 1.91. The van der Waals surface area contributed by atoms with Crippen LogP contribution in [0.4, 0.5) is 0 Å². The molecule has 0 saturated heterocycles. The molecule has 0 aliphatic carbocycles. The number of carbonyl (C=O) groups excluding carboxylic acids is 1. The summed E-state index contributed by atoms with van der Waals surface area (Å²) in [4.78, 5) is 28.3. The summed E-state index contributed by atoms with van der Waals surface area (Å²) < 4.78 is 11.3. The van der Waals surface area contributed by atoms with Crippen molar-refractivity contribution in [3.8, 4) is 11.8 Å². The number of methoxy groups -OCH3 is 2. The van der Waals surface area contributed by atoms with Crippen LogP contribution in [0.3, 0.4) is 0 Å². The fourth-order valence-electron chi connectivity index (χ4n) is 1.91. The summed E-state index contributed by atoms with van der Waals surface area (Å²) in [5, 5.41) is 0. The number of ketones is 1. The van der Waals surface area contributed by atoms with Crippen LogP contribution < -0.4 is 15.0 Å². The number of nitrogens with zero attached hydrogens (tertiary/aromatic N) is 2. The Morgan fingerprint density at radius 2 is 1.86 bits per heavy atom. The minimum atomic E-state index is -0.318. The second-order valence-corrected chi connectivity index (χ2v) is 4.46. The van der Waals surface area contributed by atoms with Crippen LogP contribution in [0.25, 0.3) is 0 Å². The van der Waals surface area contributed by atoms with Crippen LogP contribution in [0.2, 0.25) is 0 Å². The van der Waals surface area contributed by atoms with Crippen LogP contribution in [0, 0.1) is 6.92 Å². The van der Waals surface area contributed by atoms with E-state index in [-0.39, 0.29) is 23.9 Å². The van der Waals surface area contributed by atoms with Crippen LogP contribution in [-0.4, -0.2) is 29.6 Å². The molecule has 0 aliphatic rings. The Labute approximate surface area is 122 Å². The van der Waals surface area contributed by atoms with Crippen molar-refractivity contribution in [2.24, 2.45) is 0 Å². The van der Waals surface area contributed by atoms with Gasteiger partial charge in [0.1, 0.15) is 5.75 Å². The van der Waals surface area contributed by atoms with Crippen molar-refractivity contribution in [2.45, 2.75) is 13.5 Å². The molecule has 1 aromatic carbocycles. The third-order valence-corrected chi connectivity index (χ3v) is 3.00. The minimum absolute atomic E-state index is 0.123. The number of Topliss-reactive ketones (excluding diaryl/α,β-unsaturated/α-hetero) is 1. The number of rotatable bonds is 5. The smallest absolute Gasteiger partial charge is 0.299 e. The SMILES string of the molecule is COc1ccc(C(=O)Cn2c(OC)nc(C)cc2=O)cc1. The average molecular weight is 288 g/mol. The van der Waals surface area contributed by atoms with Gasteiger partial charge in [-0.05, 0) is 31.2 Å². The summed E-state index contributed by atoms with van der Waals surface area (Å²) in [7, 11) is 2.97. The van der Waals surface area contributed by atoms with E-state index in [4.69, 9.17) is 9.47 Å². The second kappa shape index (κ2) is 6.21. The standard InChI is InChI=1S/C15H16N2O4/c1-10-8-14(19)17(15(16-10)21-3)9-13(18)11-4-6-12(20-2)7-5-11/h4-8H,9H2,1-3H3. The van der Waals surface area contributed by atoms with Crippen LogP contribution in [-0.2, 0) is 6.54 Å². The van der Waals surface area contributed by atoms with E-state index in [1.165, 1.54) is 17.7 Å². The first-order valence-corrected chi connectivity index (χ1v) is 6.35. The van der Waals surface area contributed by atoms with Crippen LogP contribution in [0.5, 0.6) is 11.8 Å². The Hall–Kier alpha value is -2.63. The van der Waals surface area contributed by atoms with Crippen LogP contribution >= 0.6 is 0 Å². The Kier molecular flexibility index (Phi) is 4.37. The van der Waals surface area contributed by atoms with Gasteiger partial charge in [-0.25, -0.2) is 4.98 Å². The van der Waals surface area contributed by atoms with E-state index in [0.29, 0.717) is 17.0 Å². The molecule has 0 saturated carbocycles. The van der Waals surface area contributed by atoms with Crippen LogP contribution in [0.15, 0.2) is 35.1 Å². The topological polar surface area (TPSA) is 70.4 Å². The summed E-state index contributed by atoms with van der Waals surface area (Å²) >= 11 is 0. The predicted octanol–water partition coefficient (Wildman–Crippen LogP) is 1.45. The summed E-state index contributed by atoms with van der Waals surface area (Å²) in [6, 6.07) is 8.19. The fraction of sp³-hybridized carbons (Fsp3) is 0.267. The van der Waals surface area contributed by atoms with Crippen LogP contribution in [0.1, 0.15) is 16.1 Å². The molecule has 0 atom stereocenters. The van der Waals surface area contributed by atoms with E-state index >= 15 is 0 Å². The maximum absolute atomic E-state index is 12.2. The Balaban J connectivity index is 2.29. The molecule has 21 heavy (non-hydrogen) atoms. The van der Waals surface area contributed by atoms with E-state index in [0.717, 1.165) is 0 Å². The highest BCUT2D eigenvalue weighted by Gasteiger charge is 2.13. The molecule has 0 bridgehead atoms. The normalized spacial score (nSPS) is 10.2. The van der Waals surface area contributed by atoms with Gasteiger partial charge in [-0.3, -0.25) is 14.2 Å². The van der Waals surface area contributed by atoms with E-state index in [1.54, 1.807) is 38.3 Å². The molecule has 0 aliphatic heterocycles. The molecule has 6 nitrogen and oxygen atoms in total. The zero-order valence-corrected chi connectivity index (χ0v) is 12.1. The lowest BCUT2D eigenvalue weighted by Crippen LogP contribution is -2.26. The number of aromatic nitrogens is 2. The summed E-state index contributed by atoms with van der Waals surface area (Å²) in [6.45, 7) is 1.57. The average Bonchev–Trinajstić information content (AvgIpc) is 2.49. The van der Waals surface area contributed by atoms with Crippen molar-refractivity contribution in [1.82, 2.24) is 9.55 Å². The molecule has 6 heteroatoms. The summed E-state index contributed by atoms with van der Waals surface area (Å²) in [5.41, 5.74) is 0.719. The molecular formula is C15H16N2O4. The number of hydrogen-bond acceptors (Lipinski definition) is 5. The van der Waals surface area contributed by atoms with Crippen molar-refractivity contribution in [3.63, 3.8) is 0 Å². The number of carbonyl (C=O) groups is 1. The maximum Gasteiger partial charge on any atom is 0.299 e. The van der Waals surface area contributed by atoms with Crippen molar-refractivity contribution in [3.05, 3.63) is 51.9 Å². The molecule has 0 amide bonds. The van der Waals surface area contributed by atoms with Gasteiger partial charge in [0.25, 0.3) is 11.6 Å². The lowest BCUT2D eigenvalue weighted by atomic mass is 10.1. The quantitative estimate of drug-likeness (QED) is 0.779. The molecule has 1 heterocycles. The van der Waals surface area contributed by atoms with Gasteiger partial charge in [-0.1, -0.05) is 0 Å². The Morgan fingerprint density at radius 3 is 2.43 bits per heavy atom. The molecule has 2 rings (SSSR count). The van der Waals surface area contributed by atoms with Crippen molar-refractivity contribution < 1.29 is 14.3 Å². The molecule has 110 valence electrons. The first-order chi connectivity index (χ1) is 10.0. The molecule has 0 fully saturated rings. The van der Waals surface area contributed by atoms with Gasteiger partial charge in [0, 0.05) is 17.3 Å². The van der Waals surface area contributed by atoms with Crippen molar-refractivity contribution in [2.75, 3.05) is 14.2 Å². The number of aryl methyl sites for hydroxylation is 1. The molecule has 0 unspecified atom stereocenters. The predicted molar refractivity (Wildman–Crippen MR) is 77.1 cm³/mol. The summed E-state index contributed by atoms with van der Waals surface area (Å²) in [6.07, 6.45) is 0. The molecule has 2 aromatic rings. The lowest BCUT2D eigenvalue weighted by Gasteiger charge is -2.10. The number of ether oxygens (including phenoxy) is 2. The van der Waals surface area contributed by atoms with E-state index in [9.17, 15) is 9.59 Å². The third kappa shape index (κ3) is 3.28. The lowest BCUT2D eigenvalue weighted by molar-refractivity contribution is 0.0966. The Morgan fingerprint density at radius 1 is 1.19 bits per heavy atom. The van der Waals surface area contributed by atoms with Crippen molar-refractivity contribution in [1.29, 1.82) is 0 Å². The highest BCUT2D eigenvalue weighted by Crippen LogP contribution is 2.13. The van der Waals surface area contributed by atoms with Gasteiger partial charge < -0.3 is 9.47 Å². The van der Waals surface area contributed by atoms with Gasteiger partial charge in [-0.2, -0.15) is 0 Å². The van der Waals surface area contributed by atoms with Gasteiger partial charge in [-0.15, -0.1) is 0 Å². The number of benzene rings is 1.